The molecule has 0 aromatic heterocycles. The number of nitro benzene ring substituents is 1. The number of anilines is 1. The molecule has 1 aliphatic rings. The van der Waals surface area contributed by atoms with Gasteiger partial charge in [-0.25, -0.2) is 4.79 Å². The molecule has 1 fully saturated rings. The fourth-order valence-electron chi connectivity index (χ4n) is 2.21. The van der Waals surface area contributed by atoms with Crippen molar-refractivity contribution in [3.63, 3.8) is 0 Å². The predicted molar refractivity (Wildman–Crippen MR) is 72.1 cm³/mol. The SMILES string of the molecule is CC1(Nc2cc([N+](=O)[O-])ccc2C(=O)O)CCOCC1. The molecule has 108 valence electrons. The zero-order valence-electron chi connectivity index (χ0n) is 11.1. The van der Waals surface area contributed by atoms with E-state index in [0.717, 1.165) is 12.8 Å². The smallest absolute Gasteiger partial charge is 0.337 e. The maximum atomic E-state index is 11.2. The number of hydrogen-bond acceptors (Lipinski definition) is 5. The average molecular weight is 280 g/mol. The molecule has 20 heavy (non-hydrogen) atoms. The zero-order valence-corrected chi connectivity index (χ0v) is 11.1. The van der Waals surface area contributed by atoms with E-state index in [4.69, 9.17) is 4.74 Å². The fraction of sp³-hybridized carbons (Fsp3) is 0.462. The van der Waals surface area contributed by atoms with E-state index in [2.05, 4.69) is 5.32 Å². The number of nitrogens with one attached hydrogen (secondary N) is 1. The van der Waals surface area contributed by atoms with Gasteiger partial charge in [0, 0.05) is 30.9 Å². The van der Waals surface area contributed by atoms with Crippen LogP contribution in [0.15, 0.2) is 18.2 Å². The number of benzene rings is 1. The van der Waals surface area contributed by atoms with E-state index in [1.165, 1.54) is 18.2 Å². The minimum Gasteiger partial charge on any atom is -0.478 e. The Labute approximate surface area is 115 Å². The zero-order chi connectivity index (χ0) is 14.8. The lowest BCUT2D eigenvalue weighted by molar-refractivity contribution is -0.384. The van der Waals surface area contributed by atoms with Crippen LogP contribution >= 0.6 is 0 Å². The first kappa shape index (κ1) is 14.3. The van der Waals surface area contributed by atoms with Gasteiger partial charge in [-0.15, -0.1) is 0 Å². The molecule has 0 unspecified atom stereocenters. The van der Waals surface area contributed by atoms with Gasteiger partial charge in [-0.1, -0.05) is 0 Å². The Balaban J connectivity index is 2.34. The molecule has 0 aliphatic carbocycles. The van der Waals surface area contributed by atoms with E-state index < -0.39 is 10.9 Å². The van der Waals surface area contributed by atoms with Gasteiger partial charge in [0.1, 0.15) is 0 Å². The first-order chi connectivity index (χ1) is 9.41. The van der Waals surface area contributed by atoms with Crippen molar-refractivity contribution in [2.24, 2.45) is 0 Å². The maximum Gasteiger partial charge on any atom is 0.337 e. The summed E-state index contributed by atoms with van der Waals surface area (Å²) < 4.78 is 5.28. The topological polar surface area (TPSA) is 102 Å². The normalized spacial score (nSPS) is 17.4. The first-order valence-electron chi connectivity index (χ1n) is 6.29. The Morgan fingerprint density at radius 2 is 2.10 bits per heavy atom. The van der Waals surface area contributed by atoms with E-state index in [1.54, 1.807) is 0 Å². The number of carboxylic acids is 1. The molecule has 0 saturated carbocycles. The summed E-state index contributed by atoms with van der Waals surface area (Å²) >= 11 is 0. The number of nitro groups is 1. The van der Waals surface area contributed by atoms with Crippen LogP contribution in [0.4, 0.5) is 11.4 Å². The van der Waals surface area contributed by atoms with Gasteiger partial charge in [-0.3, -0.25) is 10.1 Å². The Morgan fingerprint density at radius 1 is 1.45 bits per heavy atom. The predicted octanol–water partition coefficient (Wildman–Crippen LogP) is 2.27. The Bertz CT molecular complexity index is 538. The highest BCUT2D eigenvalue weighted by Gasteiger charge is 2.29. The standard InChI is InChI=1S/C13H16N2O5/c1-13(4-6-20-7-5-13)14-11-8-9(15(18)19)2-3-10(11)12(16)17/h2-3,8,14H,4-7H2,1H3,(H,16,17). The van der Waals surface area contributed by atoms with Crippen LogP contribution in [-0.4, -0.2) is 34.8 Å². The van der Waals surface area contributed by atoms with Crippen molar-refractivity contribution in [1.82, 2.24) is 0 Å². The molecule has 0 atom stereocenters. The van der Waals surface area contributed by atoms with Crippen molar-refractivity contribution >= 4 is 17.3 Å². The fourth-order valence-corrected chi connectivity index (χ4v) is 2.21. The van der Waals surface area contributed by atoms with Crippen LogP contribution in [-0.2, 0) is 4.74 Å². The molecule has 0 radical (unpaired) electrons. The van der Waals surface area contributed by atoms with Crippen molar-refractivity contribution in [2.75, 3.05) is 18.5 Å². The lowest BCUT2D eigenvalue weighted by Crippen LogP contribution is -2.41. The molecule has 1 aromatic rings. The van der Waals surface area contributed by atoms with Crippen LogP contribution in [0.1, 0.15) is 30.1 Å². The van der Waals surface area contributed by atoms with Crippen LogP contribution in [0.3, 0.4) is 0 Å². The number of carboxylic acid groups (broad SMARTS) is 1. The molecule has 1 aromatic carbocycles. The van der Waals surface area contributed by atoms with Crippen LogP contribution in [0, 0.1) is 10.1 Å². The summed E-state index contributed by atoms with van der Waals surface area (Å²) in [5.41, 5.74) is -0.148. The van der Waals surface area contributed by atoms with Crippen molar-refractivity contribution in [1.29, 1.82) is 0 Å². The molecule has 1 aliphatic heterocycles. The van der Waals surface area contributed by atoms with Crippen molar-refractivity contribution < 1.29 is 19.6 Å². The second-order valence-corrected chi connectivity index (χ2v) is 5.09. The molecule has 2 N–H and O–H groups in total. The second-order valence-electron chi connectivity index (χ2n) is 5.09. The monoisotopic (exact) mass is 280 g/mol. The number of hydrogen-bond donors (Lipinski definition) is 2. The molecule has 0 amide bonds. The van der Waals surface area contributed by atoms with Crippen LogP contribution in [0.2, 0.25) is 0 Å². The molecule has 2 rings (SSSR count). The quantitative estimate of drug-likeness (QED) is 0.648. The molecule has 1 heterocycles. The van der Waals surface area contributed by atoms with E-state index >= 15 is 0 Å². The van der Waals surface area contributed by atoms with E-state index in [-0.39, 0.29) is 22.5 Å². The molecule has 7 heteroatoms. The summed E-state index contributed by atoms with van der Waals surface area (Å²) in [6, 6.07) is 3.72. The van der Waals surface area contributed by atoms with Gasteiger partial charge < -0.3 is 15.2 Å². The van der Waals surface area contributed by atoms with Gasteiger partial charge >= 0.3 is 5.97 Å². The minimum atomic E-state index is -1.11. The Kier molecular flexibility index (Phi) is 3.89. The van der Waals surface area contributed by atoms with Crippen LogP contribution in [0.5, 0.6) is 0 Å². The van der Waals surface area contributed by atoms with Crippen LogP contribution < -0.4 is 5.32 Å². The Hall–Kier alpha value is -2.15. The molecular weight excluding hydrogens is 264 g/mol. The summed E-state index contributed by atoms with van der Waals surface area (Å²) in [5.74, 6) is -1.11. The van der Waals surface area contributed by atoms with Crippen LogP contribution in [0.25, 0.3) is 0 Å². The number of nitrogens with zero attached hydrogens (tertiary/aromatic N) is 1. The number of non-ortho nitro benzene ring substituents is 1. The summed E-state index contributed by atoms with van der Waals surface area (Å²) in [6.45, 7) is 3.13. The molecule has 1 saturated heterocycles. The highest BCUT2D eigenvalue weighted by Crippen LogP contribution is 2.30. The number of aromatic carboxylic acids is 1. The van der Waals surface area contributed by atoms with Crippen molar-refractivity contribution in [3.8, 4) is 0 Å². The summed E-state index contributed by atoms with van der Waals surface area (Å²) in [6.07, 6.45) is 1.43. The molecule has 0 bridgehead atoms. The summed E-state index contributed by atoms with van der Waals surface area (Å²) in [4.78, 5) is 21.5. The van der Waals surface area contributed by atoms with Gasteiger partial charge in [0.05, 0.1) is 16.2 Å². The number of rotatable bonds is 4. The Morgan fingerprint density at radius 3 is 2.65 bits per heavy atom. The lowest BCUT2D eigenvalue weighted by Gasteiger charge is -2.35. The third-order valence-electron chi connectivity index (χ3n) is 3.48. The third kappa shape index (κ3) is 3.05. The highest BCUT2D eigenvalue weighted by molar-refractivity contribution is 5.95. The largest absolute Gasteiger partial charge is 0.478 e. The van der Waals surface area contributed by atoms with E-state index in [9.17, 15) is 20.0 Å². The summed E-state index contributed by atoms with van der Waals surface area (Å²) in [5, 5.41) is 23.1. The van der Waals surface area contributed by atoms with Crippen molar-refractivity contribution in [3.05, 3.63) is 33.9 Å². The van der Waals surface area contributed by atoms with E-state index in [0.29, 0.717) is 13.2 Å². The number of carbonyl (C=O) groups is 1. The van der Waals surface area contributed by atoms with Gasteiger partial charge in [-0.2, -0.15) is 0 Å². The summed E-state index contributed by atoms with van der Waals surface area (Å²) in [7, 11) is 0. The maximum absolute atomic E-state index is 11.2. The van der Waals surface area contributed by atoms with Gasteiger partial charge in [-0.05, 0) is 25.8 Å². The third-order valence-corrected chi connectivity index (χ3v) is 3.48. The first-order valence-corrected chi connectivity index (χ1v) is 6.29. The van der Waals surface area contributed by atoms with E-state index in [1.807, 2.05) is 6.92 Å². The average Bonchev–Trinajstić information content (AvgIpc) is 2.38. The number of ether oxygens (including phenoxy) is 1. The second kappa shape index (κ2) is 5.46. The van der Waals surface area contributed by atoms with Gasteiger partial charge in [0.2, 0.25) is 0 Å². The highest BCUT2D eigenvalue weighted by atomic mass is 16.6. The molecular formula is C13H16N2O5. The van der Waals surface area contributed by atoms with Gasteiger partial charge in [0.15, 0.2) is 0 Å². The lowest BCUT2D eigenvalue weighted by atomic mass is 9.91. The molecule has 7 nitrogen and oxygen atoms in total. The molecule has 0 spiro atoms. The minimum absolute atomic E-state index is 0.0308. The van der Waals surface area contributed by atoms with Gasteiger partial charge in [0.25, 0.3) is 5.69 Å². The van der Waals surface area contributed by atoms with Crippen molar-refractivity contribution in [2.45, 2.75) is 25.3 Å².